The Morgan fingerprint density at radius 2 is 1.94 bits per heavy atom. The summed E-state index contributed by atoms with van der Waals surface area (Å²) in [6, 6.07) is 4.28. The molecule has 1 aromatic rings. The molecule has 0 unspecified atom stereocenters. The molecule has 0 saturated heterocycles. The lowest BCUT2D eigenvalue weighted by Crippen LogP contribution is -2.02. The number of carbonyl (C=O) groups is 1. The molecule has 0 aromatic heterocycles. The Labute approximate surface area is 90.6 Å². The van der Waals surface area contributed by atoms with Gasteiger partial charge in [0.2, 0.25) is 0 Å². The summed E-state index contributed by atoms with van der Waals surface area (Å²) in [5.74, 6) is -2.42. The molecular weight excluding hydrogens is 216 g/mol. The lowest BCUT2D eigenvalue weighted by Gasteiger charge is -1.98. The molecule has 0 aliphatic heterocycles. The van der Waals surface area contributed by atoms with Crippen molar-refractivity contribution in [1.29, 1.82) is 5.26 Å². The van der Waals surface area contributed by atoms with Crippen LogP contribution in [-0.4, -0.2) is 13.1 Å². The molecule has 1 rings (SSSR count). The Hall–Kier alpha value is -2.22. The molecule has 0 atom stereocenters. The van der Waals surface area contributed by atoms with Gasteiger partial charge in [-0.25, -0.2) is 13.6 Å². The second kappa shape index (κ2) is 5.03. The molecule has 0 fully saturated rings. The Morgan fingerprint density at radius 3 is 2.38 bits per heavy atom. The third kappa shape index (κ3) is 2.89. The summed E-state index contributed by atoms with van der Waals surface area (Å²) in [6.07, 6.45) is 1.05. The van der Waals surface area contributed by atoms with E-state index >= 15 is 0 Å². The van der Waals surface area contributed by atoms with Gasteiger partial charge in [0.25, 0.3) is 0 Å². The quantitative estimate of drug-likeness (QED) is 0.438. The first-order valence-corrected chi connectivity index (χ1v) is 4.23. The maximum Gasteiger partial charge on any atom is 0.348 e. The maximum absolute atomic E-state index is 12.8. The second-order valence-electron chi connectivity index (χ2n) is 2.86. The van der Waals surface area contributed by atoms with Crippen LogP contribution in [-0.2, 0) is 9.53 Å². The van der Waals surface area contributed by atoms with Crippen LogP contribution in [0.4, 0.5) is 8.78 Å². The standard InChI is InChI=1S/C11H7F2NO2/c1-16-11(15)8(6-14)2-7-3-9(12)5-10(13)4-7/h2-5H,1H3/b8-2+. The minimum absolute atomic E-state index is 0.0828. The minimum Gasteiger partial charge on any atom is -0.465 e. The number of nitrogens with zero attached hydrogens (tertiary/aromatic N) is 1. The fraction of sp³-hybridized carbons (Fsp3) is 0.0909. The van der Waals surface area contributed by atoms with Gasteiger partial charge in [0, 0.05) is 6.07 Å². The van der Waals surface area contributed by atoms with Gasteiger partial charge >= 0.3 is 5.97 Å². The number of carbonyl (C=O) groups excluding carboxylic acids is 1. The highest BCUT2D eigenvalue weighted by atomic mass is 19.1. The van der Waals surface area contributed by atoms with Crippen LogP contribution >= 0.6 is 0 Å². The van der Waals surface area contributed by atoms with Crippen LogP contribution in [0.5, 0.6) is 0 Å². The number of nitriles is 1. The van der Waals surface area contributed by atoms with E-state index in [4.69, 9.17) is 5.26 Å². The molecule has 0 N–H and O–H groups in total. The molecule has 0 bridgehead atoms. The largest absolute Gasteiger partial charge is 0.465 e. The monoisotopic (exact) mass is 223 g/mol. The van der Waals surface area contributed by atoms with Gasteiger partial charge in [-0.2, -0.15) is 5.26 Å². The molecule has 3 nitrogen and oxygen atoms in total. The van der Waals surface area contributed by atoms with E-state index in [1.165, 1.54) is 0 Å². The summed E-state index contributed by atoms with van der Waals surface area (Å²) in [4.78, 5) is 11.0. The van der Waals surface area contributed by atoms with Crippen molar-refractivity contribution in [1.82, 2.24) is 0 Å². The Kier molecular flexibility index (Phi) is 3.72. The van der Waals surface area contributed by atoms with Gasteiger partial charge < -0.3 is 4.74 Å². The van der Waals surface area contributed by atoms with Crippen molar-refractivity contribution in [3.8, 4) is 6.07 Å². The molecule has 0 spiro atoms. The zero-order valence-electron chi connectivity index (χ0n) is 8.33. The van der Waals surface area contributed by atoms with Crippen molar-refractivity contribution in [3.05, 3.63) is 41.0 Å². The van der Waals surface area contributed by atoms with Gasteiger partial charge in [0.15, 0.2) is 0 Å². The van der Waals surface area contributed by atoms with Gasteiger partial charge in [0.1, 0.15) is 23.3 Å². The SMILES string of the molecule is COC(=O)/C(C#N)=C/c1cc(F)cc(F)c1. The highest BCUT2D eigenvalue weighted by molar-refractivity contribution is 5.97. The number of ether oxygens (including phenoxy) is 1. The zero-order chi connectivity index (χ0) is 12.1. The number of benzene rings is 1. The van der Waals surface area contributed by atoms with Crippen LogP contribution in [0.2, 0.25) is 0 Å². The van der Waals surface area contributed by atoms with Crippen LogP contribution in [0.3, 0.4) is 0 Å². The number of rotatable bonds is 2. The van der Waals surface area contributed by atoms with Crippen LogP contribution in [0, 0.1) is 23.0 Å². The summed E-state index contributed by atoms with van der Waals surface area (Å²) in [6.45, 7) is 0. The van der Waals surface area contributed by atoms with E-state index < -0.39 is 17.6 Å². The van der Waals surface area contributed by atoms with E-state index in [1.54, 1.807) is 6.07 Å². The fourth-order valence-corrected chi connectivity index (χ4v) is 1.07. The zero-order valence-corrected chi connectivity index (χ0v) is 8.33. The lowest BCUT2D eigenvalue weighted by molar-refractivity contribution is -0.135. The van der Waals surface area contributed by atoms with E-state index in [-0.39, 0.29) is 11.1 Å². The molecular formula is C11H7F2NO2. The van der Waals surface area contributed by atoms with Crippen LogP contribution < -0.4 is 0 Å². The van der Waals surface area contributed by atoms with Gasteiger partial charge in [-0.05, 0) is 23.8 Å². The Balaban J connectivity index is 3.15. The van der Waals surface area contributed by atoms with Gasteiger partial charge in [0.05, 0.1) is 7.11 Å². The third-order valence-corrected chi connectivity index (χ3v) is 1.72. The number of hydrogen-bond donors (Lipinski definition) is 0. The molecule has 82 valence electrons. The van der Waals surface area contributed by atoms with Crippen LogP contribution in [0.25, 0.3) is 6.08 Å². The molecule has 16 heavy (non-hydrogen) atoms. The summed E-state index contributed by atoms with van der Waals surface area (Å²) in [7, 11) is 1.11. The molecule has 0 aliphatic carbocycles. The predicted molar refractivity (Wildman–Crippen MR) is 52.0 cm³/mol. The molecule has 1 aromatic carbocycles. The number of methoxy groups -OCH3 is 1. The lowest BCUT2D eigenvalue weighted by atomic mass is 10.1. The van der Waals surface area contributed by atoms with Crippen molar-refractivity contribution in [3.63, 3.8) is 0 Å². The van der Waals surface area contributed by atoms with Crippen molar-refractivity contribution in [2.24, 2.45) is 0 Å². The van der Waals surface area contributed by atoms with Crippen LogP contribution in [0.15, 0.2) is 23.8 Å². The van der Waals surface area contributed by atoms with Crippen molar-refractivity contribution < 1.29 is 18.3 Å². The van der Waals surface area contributed by atoms with E-state index in [1.807, 2.05) is 0 Å². The Morgan fingerprint density at radius 1 is 1.38 bits per heavy atom. The van der Waals surface area contributed by atoms with Crippen molar-refractivity contribution in [2.45, 2.75) is 0 Å². The number of hydrogen-bond acceptors (Lipinski definition) is 3. The molecule has 0 amide bonds. The summed E-state index contributed by atoms with van der Waals surface area (Å²) in [5.41, 5.74) is -0.244. The van der Waals surface area contributed by atoms with Crippen molar-refractivity contribution >= 4 is 12.0 Å². The highest BCUT2D eigenvalue weighted by Crippen LogP contribution is 2.12. The molecule has 0 aliphatic rings. The average Bonchev–Trinajstić information content (AvgIpc) is 2.23. The third-order valence-electron chi connectivity index (χ3n) is 1.72. The summed E-state index contributed by atoms with van der Waals surface area (Å²) < 4.78 is 29.9. The second-order valence-corrected chi connectivity index (χ2v) is 2.86. The predicted octanol–water partition coefficient (Wildman–Crippen LogP) is 2.04. The minimum atomic E-state index is -0.854. The van der Waals surface area contributed by atoms with Gasteiger partial charge in [-0.15, -0.1) is 0 Å². The first-order valence-electron chi connectivity index (χ1n) is 4.23. The summed E-state index contributed by atoms with van der Waals surface area (Å²) in [5, 5.41) is 8.62. The van der Waals surface area contributed by atoms with Gasteiger partial charge in [-0.1, -0.05) is 0 Å². The molecule has 0 radical (unpaired) electrons. The first kappa shape index (κ1) is 11.9. The first-order chi connectivity index (χ1) is 7.56. The topological polar surface area (TPSA) is 50.1 Å². The highest BCUT2D eigenvalue weighted by Gasteiger charge is 2.09. The fourth-order valence-electron chi connectivity index (χ4n) is 1.07. The maximum atomic E-state index is 12.8. The number of halogens is 2. The van der Waals surface area contributed by atoms with E-state index in [0.717, 1.165) is 25.3 Å². The smallest absolute Gasteiger partial charge is 0.348 e. The van der Waals surface area contributed by atoms with Gasteiger partial charge in [-0.3, -0.25) is 0 Å². The molecule has 0 heterocycles. The normalized spacial score (nSPS) is 10.8. The summed E-state index contributed by atoms with van der Waals surface area (Å²) >= 11 is 0. The Bertz CT molecular complexity index is 469. The van der Waals surface area contributed by atoms with E-state index in [2.05, 4.69) is 4.74 Å². The van der Waals surface area contributed by atoms with E-state index in [0.29, 0.717) is 6.07 Å². The average molecular weight is 223 g/mol. The number of esters is 1. The molecule has 0 saturated carbocycles. The van der Waals surface area contributed by atoms with Crippen LogP contribution in [0.1, 0.15) is 5.56 Å². The van der Waals surface area contributed by atoms with Crippen molar-refractivity contribution in [2.75, 3.05) is 7.11 Å². The molecule has 5 heteroatoms. The van der Waals surface area contributed by atoms with E-state index in [9.17, 15) is 13.6 Å².